The van der Waals surface area contributed by atoms with Crippen molar-refractivity contribution in [3.63, 3.8) is 0 Å². The highest BCUT2D eigenvalue weighted by atomic mass is 35.5. The van der Waals surface area contributed by atoms with Crippen molar-refractivity contribution in [2.24, 2.45) is 0 Å². The summed E-state index contributed by atoms with van der Waals surface area (Å²) >= 11 is 6.06. The second-order valence-electron chi connectivity index (χ2n) is 7.55. The average molecular weight is 495 g/mol. The van der Waals surface area contributed by atoms with Crippen molar-refractivity contribution in [3.8, 4) is 5.75 Å². The number of rotatable bonds is 9. The van der Waals surface area contributed by atoms with Crippen LogP contribution in [-0.4, -0.2) is 51.4 Å². The zero-order chi connectivity index (χ0) is 24.0. The predicted molar refractivity (Wildman–Crippen MR) is 125 cm³/mol. The van der Waals surface area contributed by atoms with Crippen LogP contribution < -0.4 is 10.1 Å². The molecule has 178 valence electrons. The number of aryl methyl sites for hydroxylation is 1. The third-order valence-electron chi connectivity index (χ3n) is 5.32. The molecular formula is C23H27ClN2O6S. The molecule has 3 rings (SSSR count). The smallest absolute Gasteiger partial charge is 0.339 e. The maximum atomic E-state index is 12.9. The van der Waals surface area contributed by atoms with Gasteiger partial charge in [0.25, 0.3) is 0 Å². The lowest BCUT2D eigenvalue weighted by molar-refractivity contribution is -0.116. The first-order valence-corrected chi connectivity index (χ1v) is 12.5. The van der Waals surface area contributed by atoms with E-state index >= 15 is 0 Å². The number of esters is 1. The molecule has 1 saturated heterocycles. The number of carbonyl (C=O) groups is 2. The van der Waals surface area contributed by atoms with Gasteiger partial charge in [-0.05, 0) is 68.1 Å². The van der Waals surface area contributed by atoms with Gasteiger partial charge in [-0.15, -0.1) is 0 Å². The summed E-state index contributed by atoms with van der Waals surface area (Å²) in [6.45, 7) is 2.93. The second kappa shape index (κ2) is 11.0. The van der Waals surface area contributed by atoms with Gasteiger partial charge < -0.3 is 14.8 Å². The minimum atomic E-state index is -3.57. The van der Waals surface area contributed by atoms with Gasteiger partial charge in [-0.2, -0.15) is 4.31 Å². The topological polar surface area (TPSA) is 102 Å². The molecule has 33 heavy (non-hydrogen) atoms. The molecule has 0 unspecified atom stereocenters. The molecule has 1 aliphatic heterocycles. The molecule has 1 N–H and O–H groups in total. The first-order valence-electron chi connectivity index (χ1n) is 10.7. The van der Waals surface area contributed by atoms with Crippen molar-refractivity contribution >= 4 is 39.2 Å². The molecule has 0 radical (unpaired) electrons. The number of hydrogen-bond acceptors (Lipinski definition) is 6. The maximum Gasteiger partial charge on any atom is 0.339 e. The van der Waals surface area contributed by atoms with Gasteiger partial charge in [0.2, 0.25) is 15.9 Å². The van der Waals surface area contributed by atoms with E-state index in [1.807, 2.05) is 0 Å². The molecule has 0 aromatic heterocycles. The molecule has 0 atom stereocenters. The summed E-state index contributed by atoms with van der Waals surface area (Å²) in [7, 11) is -2.08. The summed E-state index contributed by atoms with van der Waals surface area (Å²) in [6, 6.07) is 9.27. The molecule has 2 aromatic rings. The van der Waals surface area contributed by atoms with Crippen LogP contribution in [0.1, 0.15) is 42.1 Å². The molecule has 0 spiro atoms. The third-order valence-corrected chi connectivity index (χ3v) is 7.55. The fraction of sp³-hybridized carbons (Fsp3) is 0.391. The molecule has 8 nitrogen and oxygen atoms in total. The lowest BCUT2D eigenvalue weighted by Crippen LogP contribution is -2.28. The van der Waals surface area contributed by atoms with Crippen molar-refractivity contribution < 1.29 is 27.5 Å². The van der Waals surface area contributed by atoms with Crippen LogP contribution >= 0.6 is 11.6 Å². The van der Waals surface area contributed by atoms with E-state index < -0.39 is 16.0 Å². The van der Waals surface area contributed by atoms with Crippen LogP contribution in [0.25, 0.3) is 0 Å². The van der Waals surface area contributed by atoms with Crippen molar-refractivity contribution in [1.82, 2.24) is 4.31 Å². The van der Waals surface area contributed by atoms with Gasteiger partial charge in [0, 0.05) is 25.2 Å². The zero-order valence-corrected chi connectivity index (χ0v) is 20.2. The lowest BCUT2D eigenvalue weighted by atomic mass is 10.1. The monoisotopic (exact) mass is 494 g/mol. The van der Waals surface area contributed by atoms with E-state index in [2.05, 4.69) is 5.32 Å². The average Bonchev–Trinajstić information content (AvgIpc) is 3.35. The Morgan fingerprint density at radius 2 is 1.85 bits per heavy atom. The Morgan fingerprint density at radius 3 is 2.52 bits per heavy atom. The van der Waals surface area contributed by atoms with Gasteiger partial charge in [-0.25, -0.2) is 13.2 Å². The molecule has 2 aromatic carbocycles. The second-order valence-corrected chi connectivity index (χ2v) is 9.89. The van der Waals surface area contributed by atoms with Crippen LogP contribution in [0.4, 0.5) is 5.69 Å². The number of anilines is 1. The van der Waals surface area contributed by atoms with E-state index in [0.717, 1.165) is 12.8 Å². The number of sulfonamides is 1. The highest BCUT2D eigenvalue weighted by Gasteiger charge is 2.27. The van der Waals surface area contributed by atoms with E-state index in [9.17, 15) is 18.0 Å². The van der Waals surface area contributed by atoms with Crippen LogP contribution in [-0.2, 0) is 26.0 Å². The fourth-order valence-corrected chi connectivity index (χ4v) is 5.39. The van der Waals surface area contributed by atoms with Gasteiger partial charge in [0.15, 0.2) is 0 Å². The molecule has 1 fully saturated rings. The third kappa shape index (κ3) is 6.04. The number of hydrogen-bond donors (Lipinski definition) is 1. The van der Waals surface area contributed by atoms with E-state index in [0.29, 0.717) is 30.1 Å². The van der Waals surface area contributed by atoms with Crippen molar-refractivity contribution in [2.45, 2.75) is 37.5 Å². The minimum Gasteiger partial charge on any atom is -0.496 e. The largest absolute Gasteiger partial charge is 0.496 e. The number of benzene rings is 2. The summed E-state index contributed by atoms with van der Waals surface area (Å²) in [5, 5.41) is 2.96. The van der Waals surface area contributed by atoms with E-state index in [1.54, 1.807) is 25.1 Å². The highest BCUT2D eigenvalue weighted by molar-refractivity contribution is 7.89. The molecule has 1 amide bonds. The Hall–Kier alpha value is -2.62. The van der Waals surface area contributed by atoms with Gasteiger partial charge in [0.05, 0.1) is 29.2 Å². The Balaban J connectivity index is 1.71. The number of halogens is 1. The molecule has 10 heteroatoms. The van der Waals surface area contributed by atoms with Crippen molar-refractivity contribution in [1.29, 1.82) is 0 Å². The zero-order valence-electron chi connectivity index (χ0n) is 18.6. The first kappa shape index (κ1) is 25.0. The van der Waals surface area contributed by atoms with Crippen LogP contribution in [0, 0.1) is 0 Å². The maximum absolute atomic E-state index is 12.9. The van der Waals surface area contributed by atoms with Gasteiger partial charge >= 0.3 is 5.97 Å². The van der Waals surface area contributed by atoms with Gasteiger partial charge in [-0.3, -0.25) is 4.79 Å². The van der Waals surface area contributed by atoms with E-state index in [-0.39, 0.29) is 40.8 Å². The number of methoxy groups -OCH3 is 1. The van der Waals surface area contributed by atoms with Crippen molar-refractivity contribution in [3.05, 3.63) is 52.5 Å². The van der Waals surface area contributed by atoms with Gasteiger partial charge in [-0.1, -0.05) is 11.6 Å². The van der Waals surface area contributed by atoms with Crippen LogP contribution in [0.5, 0.6) is 5.75 Å². The Bertz CT molecular complexity index is 1130. The van der Waals surface area contributed by atoms with Crippen LogP contribution in [0.15, 0.2) is 41.3 Å². The Kier molecular flexibility index (Phi) is 8.34. The van der Waals surface area contributed by atoms with E-state index in [1.165, 1.54) is 29.6 Å². The quantitative estimate of drug-likeness (QED) is 0.531. The first-order chi connectivity index (χ1) is 15.8. The number of amides is 1. The number of carbonyl (C=O) groups excluding carboxylic acids is 2. The normalized spacial score (nSPS) is 14.2. The summed E-state index contributed by atoms with van der Waals surface area (Å²) in [6.07, 6.45) is 2.06. The predicted octanol–water partition coefficient (Wildman–Crippen LogP) is 3.88. The fourth-order valence-electron chi connectivity index (χ4n) is 3.63. The summed E-state index contributed by atoms with van der Waals surface area (Å²) in [5.74, 6) is -0.361. The SMILES string of the molecule is CCOC(=O)c1cc(NC(=O)CCc2cc(S(=O)(=O)N3CCCC3)ccc2OC)ccc1Cl. The minimum absolute atomic E-state index is 0.0843. The summed E-state index contributed by atoms with van der Waals surface area (Å²) in [4.78, 5) is 24.7. The Labute approximate surface area is 198 Å². The number of nitrogens with zero attached hydrogens (tertiary/aromatic N) is 1. The number of ether oxygens (including phenoxy) is 2. The highest BCUT2D eigenvalue weighted by Crippen LogP contribution is 2.28. The molecule has 1 heterocycles. The number of nitrogens with one attached hydrogen (secondary N) is 1. The molecule has 0 aliphatic carbocycles. The summed E-state index contributed by atoms with van der Waals surface area (Å²) in [5.41, 5.74) is 1.19. The molecule has 0 bridgehead atoms. The summed E-state index contributed by atoms with van der Waals surface area (Å²) < 4.78 is 37.6. The lowest BCUT2D eigenvalue weighted by Gasteiger charge is -2.17. The van der Waals surface area contributed by atoms with Gasteiger partial charge in [0.1, 0.15) is 5.75 Å². The van der Waals surface area contributed by atoms with Crippen LogP contribution in [0.2, 0.25) is 5.02 Å². The van der Waals surface area contributed by atoms with Crippen LogP contribution in [0.3, 0.4) is 0 Å². The molecule has 0 saturated carbocycles. The molecule has 1 aliphatic rings. The molecular weight excluding hydrogens is 468 g/mol. The standard InChI is InChI=1S/C23H27ClN2O6S/c1-3-32-23(28)19-15-17(7-9-20(19)24)25-22(27)11-6-16-14-18(8-10-21(16)31-2)33(29,30)26-12-4-5-13-26/h7-10,14-15H,3-6,11-13H2,1-2H3,(H,25,27). The Morgan fingerprint density at radius 1 is 1.12 bits per heavy atom. The van der Waals surface area contributed by atoms with Crippen molar-refractivity contribution in [2.75, 3.05) is 32.1 Å². The van der Waals surface area contributed by atoms with E-state index in [4.69, 9.17) is 21.1 Å².